The van der Waals surface area contributed by atoms with Crippen molar-refractivity contribution in [2.45, 2.75) is 0 Å². The lowest BCUT2D eigenvalue weighted by molar-refractivity contribution is 0.312. The Balaban J connectivity index is 2.19. The monoisotopic (exact) mass is 209 g/mol. The number of H-pyrrole nitrogens is 1. The molecular formula is C9H15N5O. The third kappa shape index (κ3) is 2.27. The molecule has 1 saturated heterocycles. The van der Waals surface area contributed by atoms with E-state index < -0.39 is 0 Å². The van der Waals surface area contributed by atoms with Gasteiger partial charge in [-0.15, -0.1) is 0 Å². The van der Waals surface area contributed by atoms with E-state index in [1.807, 2.05) is 0 Å². The van der Waals surface area contributed by atoms with Crippen LogP contribution in [-0.4, -0.2) is 48.1 Å². The summed E-state index contributed by atoms with van der Waals surface area (Å²) >= 11 is 0. The number of rotatable bonds is 1. The van der Waals surface area contributed by atoms with Crippen molar-refractivity contribution in [1.29, 1.82) is 0 Å². The molecule has 0 unspecified atom stereocenters. The molecule has 0 aliphatic carbocycles. The molecule has 1 aromatic rings. The van der Waals surface area contributed by atoms with Crippen molar-refractivity contribution in [3.05, 3.63) is 16.6 Å². The van der Waals surface area contributed by atoms with Crippen molar-refractivity contribution in [2.75, 3.05) is 43.9 Å². The molecule has 0 spiro atoms. The molecule has 82 valence electrons. The lowest BCUT2D eigenvalue weighted by Gasteiger charge is -2.32. The Bertz CT molecular complexity index is 394. The Kier molecular flexibility index (Phi) is 2.59. The number of nitrogens with two attached hydrogens (primary N) is 1. The van der Waals surface area contributed by atoms with Crippen LogP contribution in [0.1, 0.15) is 0 Å². The molecule has 1 aliphatic heterocycles. The molecule has 0 bridgehead atoms. The van der Waals surface area contributed by atoms with Crippen LogP contribution in [0.3, 0.4) is 0 Å². The summed E-state index contributed by atoms with van der Waals surface area (Å²) in [6.07, 6.45) is 0. The zero-order chi connectivity index (χ0) is 10.8. The second-order valence-corrected chi connectivity index (χ2v) is 3.79. The van der Waals surface area contributed by atoms with E-state index in [-0.39, 0.29) is 5.69 Å². The SMILES string of the molecule is CN1CCN(c2cc(N)[nH]c(=O)n2)CC1. The van der Waals surface area contributed by atoms with E-state index in [0.29, 0.717) is 11.6 Å². The highest BCUT2D eigenvalue weighted by Gasteiger charge is 2.15. The normalized spacial score (nSPS) is 18.1. The quantitative estimate of drug-likeness (QED) is 0.627. The van der Waals surface area contributed by atoms with Crippen LogP contribution in [0.25, 0.3) is 0 Å². The summed E-state index contributed by atoms with van der Waals surface area (Å²) in [7, 11) is 2.08. The van der Waals surface area contributed by atoms with Gasteiger partial charge in [0.05, 0.1) is 0 Å². The van der Waals surface area contributed by atoms with Gasteiger partial charge in [0.15, 0.2) is 0 Å². The Morgan fingerprint density at radius 2 is 2.07 bits per heavy atom. The van der Waals surface area contributed by atoms with E-state index in [9.17, 15) is 4.79 Å². The predicted molar refractivity (Wildman–Crippen MR) is 59.0 cm³/mol. The molecule has 6 nitrogen and oxygen atoms in total. The summed E-state index contributed by atoms with van der Waals surface area (Å²) in [6, 6.07) is 1.70. The smallest absolute Gasteiger partial charge is 0.348 e. The number of nitrogens with zero attached hydrogens (tertiary/aromatic N) is 3. The average Bonchev–Trinajstić information content (AvgIpc) is 2.17. The van der Waals surface area contributed by atoms with Gasteiger partial charge < -0.3 is 15.5 Å². The minimum atomic E-state index is -0.385. The Morgan fingerprint density at radius 3 is 2.67 bits per heavy atom. The van der Waals surface area contributed by atoms with Crippen LogP contribution < -0.4 is 16.3 Å². The lowest BCUT2D eigenvalue weighted by atomic mass is 10.3. The van der Waals surface area contributed by atoms with Gasteiger partial charge >= 0.3 is 5.69 Å². The highest BCUT2D eigenvalue weighted by atomic mass is 16.1. The van der Waals surface area contributed by atoms with Gasteiger partial charge in [0.1, 0.15) is 11.6 Å². The number of hydrogen-bond donors (Lipinski definition) is 2. The third-order valence-electron chi connectivity index (χ3n) is 2.58. The van der Waals surface area contributed by atoms with E-state index in [2.05, 4.69) is 26.8 Å². The maximum Gasteiger partial charge on any atom is 0.348 e. The van der Waals surface area contributed by atoms with Crippen LogP contribution in [0.5, 0.6) is 0 Å². The van der Waals surface area contributed by atoms with Crippen molar-refractivity contribution < 1.29 is 0 Å². The molecule has 15 heavy (non-hydrogen) atoms. The largest absolute Gasteiger partial charge is 0.385 e. The first kappa shape index (κ1) is 9.97. The molecule has 0 aromatic carbocycles. The van der Waals surface area contributed by atoms with Gasteiger partial charge in [-0.2, -0.15) is 4.98 Å². The fourth-order valence-electron chi connectivity index (χ4n) is 1.66. The summed E-state index contributed by atoms with van der Waals surface area (Å²) in [5.74, 6) is 1.04. The van der Waals surface area contributed by atoms with Gasteiger partial charge in [0.2, 0.25) is 0 Å². The average molecular weight is 209 g/mol. The zero-order valence-electron chi connectivity index (χ0n) is 8.73. The Labute approximate surface area is 87.7 Å². The Morgan fingerprint density at radius 1 is 1.40 bits per heavy atom. The second kappa shape index (κ2) is 3.90. The first-order valence-electron chi connectivity index (χ1n) is 4.95. The van der Waals surface area contributed by atoms with Crippen LogP contribution in [0.15, 0.2) is 10.9 Å². The number of nitrogens with one attached hydrogen (secondary N) is 1. The fraction of sp³-hybridized carbons (Fsp3) is 0.556. The van der Waals surface area contributed by atoms with E-state index in [1.54, 1.807) is 6.07 Å². The van der Waals surface area contributed by atoms with Crippen molar-refractivity contribution >= 4 is 11.6 Å². The van der Waals surface area contributed by atoms with Crippen molar-refractivity contribution in [1.82, 2.24) is 14.9 Å². The van der Waals surface area contributed by atoms with Crippen LogP contribution in [0.4, 0.5) is 11.6 Å². The van der Waals surface area contributed by atoms with Crippen LogP contribution in [-0.2, 0) is 0 Å². The molecule has 1 aromatic heterocycles. The summed E-state index contributed by atoms with van der Waals surface area (Å²) < 4.78 is 0. The van der Waals surface area contributed by atoms with E-state index >= 15 is 0 Å². The van der Waals surface area contributed by atoms with Crippen molar-refractivity contribution in [2.24, 2.45) is 0 Å². The highest BCUT2D eigenvalue weighted by Crippen LogP contribution is 2.12. The van der Waals surface area contributed by atoms with Gasteiger partial charge in [-0.3, -0.25) is 4.98 Å². The molecule has 6 heteroatoms. The molecule has 0 saturated carbocycles. The molecule has 0 radical (unpaired) electrons. The summed E-state index contributed by atoms with van der Waals surface area (Å²) in [5, 5.41) is 0. The highest BCUT2D eigenvalue weighted by molar-refractivity contribution is 5.46. The molecular weight excluding hydrogens is 194 g/mol. The molecule has 2 rings (SSSR count). The van der Waals surface area contributed by atoms with E-state index in [4.69, 9.17) is 5.73 Å². The standard InChI is InChI=1S/C9H15N5O/c1-13-2-4-14(5-3-13)8-6-7(10)11-9(15)12-8/h6H,2-5H2,1H3,(H3,10,11,12,15). The fourth-order valence-corrected chi connectivity index (χ4v) is 1.66. The number of aromatic amines is 1. The van der Waals surface area contributed by atoms with E-state index in [1.165, 1.54) is 0 Å². The summed E-state index contributed by atoms with van der Waals surface area (Å²) in [5.41, 5.74) is 5.18. The number of hydrogen-bond acceptors (Lipinski definition) is 5. The predicted octanol–water partition coefficient (Wildman–Crippen LogP) is -0.896. The summed E-state index contributed by atoms with van der Waals surface area (Å²) in [6.45, 7) is 3.72. The number of anilines is 2. The Hall–Kier alpha value is -1.56. The van der Waals surface area contributed by atoms with E-state index in [0.717, 1.165) is 26.2 Å². The van der Waals surface area contributed by atoms with Crippen LogP contribution >= 0.6 is 0 Å². The molecule has 0 atom stereocenters. The number of likely N-dealkylation sites (N-methyl/N-ethyl adjacent to an activating group) is 1. The molecule has 3 N–H and O–H groups in total. The third-order valence-corrected chi connectivity index (χ3v) is 2.58. The van der Waals surface area contributed by atoms with Gasteiger partial charge in [-0.05, 0) is 7.05 Å². The minimum absolute atomic E-state index is 0.365. The zero-order valence-corrected chi connectivity index (χ0v) is 8.73. The van der Waals surface area contributed by atoms with Gasteiger partial charge in [-0.1, -0.05) is 0 Å². The first-order valence-corrected chi connectivity index (χ1v) is 4.95. The van der Waals surface area contributed by atoms with Gasteiger partial charge in [-0.25, -0.2) is 4.79 Å². The topological polar surface area (TPSA) is 78.2 Å². The molecule has 1 fully saturated rings. The summed E-state index contributed by atoms with van der Waals surface area (Å²) in [4.78, 5) is 21.8. The second-order valence-electron chi connectivity index (χ2n) is 3.79. The molecule has 2 heterocycles. The minimum Gasteiger partial charge on any atom is -0.385 e. The number of piperazine rings is 1. The van der Waals surface area contributed by atoms with Crippen LogP contribution in [0, 0.1) is 0 Å². The van der Waals surface area contributed by atoms with Crippen LogP contribution in [0.2, 0.25) is 0 Å². The first-order chi connectivity index (χ1) is 7.15. The molecule has 0 amide bonds. The van der Waals surface area contributed by atoms with Crippen molar-refractivity contribution in [3.8, 4) is 0 Å². The van der Waals surface area contributed by atoms with Crippen molar-refractivity contribution in [3.63, 3.8) is 0 Å². The lowest BCUT2D eigenvalue weighted by Crippen LogP contribution is -2.45. The number of nitrogen functional groups attached to an aromatic ring is 1. The van der Waals surface area contributed by atoms with Gasteiger partial charge in [0, 0.05) is 32.2 Å². The maximum atomic E-state index is 11.1. The number of aromatic nitrogens is 2. The molecule has 1 aliphatic rings. The van der Waals surface area contributed by atoms with Gasteiger partial charge in [0.25, 0.3) is 0 Å². The maximum absolute atomic E-state index is 11.1.